The van der Waals surface area contributed by atoms with Crippen molar-refractivity contribution < 1.29 is 18.7 Å². The van der Waals surface area contributed by atoms with Crippen molar-refractivity contribution >= 4 is 17.6 Å². The first-order valence-electron chi connectivity index (χ1n) is 9.61. The van der Waals surface area contributed by atoms with Gasteiger partial charge in [0, 0.05) is 18.4 Å². The molecule has 2 heterocycles. The summed E-state index contributed by atoms with van der Waals surface area (Å²) in [5.74, 6) is -0.860. The van der Waals surface area contributed by atoms with Gasteiger partial charge in [0.25, 0.3) is 5.91 Å². The maximum absolute atomic E-state index is 13.3. The Bertz CT molecular complexity index is 1070. The lowest BCUT2D eigenvalue weighted by Gasteiger charge is -2.26. The number of carbonyl (C=O) groups is 2. The summed E-state index contributed by atoms with van der Waals surface area (Å²) in [7, 11) is 0. The highest BCUT2D eigenvalue weighted by atomic mass is 19.1. The van der Waals surface area contributed by atoms with Crippen LogP contribution < -0.4 is 5.32 Å². The van der Waals surface area contributed by atoms with Gasteiger partial charge in [0.15, 0.2) is 0 Å². The van der Waals surface area contributed by atoms with Crippen LogP contribution in [0.2, 0.25) is 0 Å². The molecule has 1 atom stereocenters. The number of anilines is 1. The van der Waals surface area contributed by atoms with E-state index in [-0.39, 0.29) is 17.7 Å². The van der Waals surface area contributed by atoms with Gasteiger partial charge in [-0.2, -0.15) is 0 Å². The molecule has 0 bridgehead atoms. The normalized spacial score (nSPS) is 15.1. The van der Waals surface area contributed by atoms with E-state index in [1.807, 2.05) is 0 Å². The topological polar surface area (TPSA) is 71.5 Å². The van der Waals surface area contributed by atoms with Crippen LogP contribution >= 0.6 is 0 Å². The van der Waals surface area contributed by atoms with Crippen molar-refractivity contribution in [2.45, 2.75) is 19.6 Å². The van der Waals surface area contributed by atoms with Gasteiger partial charge in [-0.05, 0) is 61.0 Å². The van der Waals surface area contributed by atoms with Gasteiger partial charge in [0.1, 0.15) is 12.0 Å². The number of amides is 1. The molecule has 1 aromatic heterocycles. The van der Waals surface area contributed by atoms with Crippen molar-refractivity contribution in [1.82, 2.24) is 9.88 Å². The number of rotatable bonds is 6. The highest BCUT2D eigenvalue weighted by molar-refractivity contribution is 5.99. The highest BCUT2D eigenvalue weighted by Gasteiger charge is 2.37. The number of halogens is 1. The van der Waals surface area contributed by atoms with E-state index in [2.05, 4.69) is 10.3 Å². The summed E-state index contributed by atoms with van der Waals surface area (Å²) >= 11 is 0. The molecule has 0 unspecified atom stereocenters. The van der Waals surface area contributed by atoms with E-state index >= 15 is 0 Å². The zero-order chi connectivity index (χ0) is 21.1. The van der Waals surface area contributed by atoms with Crippen molar-refractivity contribution in [3.8, 4) is 0 Å². The first kappa shape index (κ1) is 19.6. The number of esters is 1. The number of aromatic nitrogens is 1. The maximum Gasteiger partial charge on any atom is 0.338 e. The molecule has 1 aliphatic rings. The lowest BCUT2D eigenvalue weighted by molar-refractivity contribution is 0.0526. The van der Waals surface area contributed by atoms with Gasteiger partial charge in [-0.1, -0.05) is 12.1 Å². The third kappa shape index (κ3) is 3.87. The van der Waals surface area contributed by atoms with E-state index in [1.165, 1.54) is 12.1 Å². The minimum atomic E-state index is -0.493. The second-order valence-electron chi connectivity index (χ2n) is 6.84. The molecule has 0 radical (unpaired) electrons. The smallest absolute Gasteiger partial charge is 0.338 e. The Hall–Kier alpha value is -3.74. The molecule has 1 amide bonds. The number of nitrogens with one attached hydrogen (secondary N) is 1. The van der Waals surface area contributed by atoms with Crippen molar-refractivity contribution in [2.75, 3.05) is 11.9 Å². The Kier molecular flexibility index (Phi) is 5.43. The van der Waals surface area contributed by atoms with E-state index in [4.69, 9.17) is 4.74 Å². The quantitative estimate of drug-likeness (QED) is 0.624. The molecule has 30 heavy (non-hydrogen) atoms. The summed E-state index contributed by atoms with van der Waals surface area (Å²) in [6.07, 6.45) is 1.15. The fourth-order valence-corrected chi connectivity index (χ4v) is 3.41. The molecule has 0 spiro atoms. The van der Waals surface area contributed by atoms with Crippen LogP contribution in [0.3, 0.4) is 0 Å². The molecular weight excluding hydrogens is 385 g/mol. The van der Waals surface area contributed by atoms with Crippen LogP contribution in [-0.2, 0) is 11.3 Å². The average Bonchev–Trinajstić information content (AvgIpc) is 3.02. The monoisotopic (exact) mass is 405 g/mol. The number of fused-ring (bicyclic) bond motifs is 1. The maximum atomic E-state index is 13.3. The predicted octanol–water partition coefficient (Wildman–Crippen LogP) is 4.16. The van der Waals surface area contributed by atoms with Gasteiger partial charge < -0.3 is 15.0 Å². The average molecular weight is 405 g/mol. The predicted molar refractivity (Wildman–Crippen MR) is 109 cm³/mol. The summed E-state index contributed by atoms with van der Waals surface area (Å²) in [4.78, 5) is 30.9. The molecule has 2 aromatic carbocycles. The number of pyridine rings is 1. The Balaban J connectivity index is 1.60. The van der Waals surface area contributed by atoms with E-state index in [0.29, 0.717) is 30.0 Å². The number of hydrogen-bond acceptors (Lipinski definition) is 5. The molecule has 0 aliphatic carbocycles. The lowest BCUT2D eigenvalue weighted by atomic mass is 10.2. The van der Waals surface area contributed by atoms with Crippen molar-refractivity contribution in [3.05, 3.63) is 95.1 Å². The van der Waals surface area contributed by atoms with Crippen LogP contribution in [0.25, 0.3) is 0 Å². The largest absolute Gasteiger partial charge is 0.462 e. The minimum absolute atomic E-state index is 0.150. The summed E-state index contributed by atoms with van der Waals surface area (Å²) in [5.41, 5.74) is 3.14. The zero-order valence-corrected chi connectivity index (χ0v) is 16.3. The second-order valence-corrected chi connectivity index (χ2v) is 6.84. The molecule has 3 aromatic rings. The number of carbonyl (C=O) groups excluding carboxylic acids is 2. The van der Waals surface area contributed by atoms with E-state index in [9.17, 15) is 14.0 Å². The fraction of sp³-hybridized carbons (Fsp3) is 0.174. The summed E-state index contributed by atoms with van der Waals surface area (Å²) in [5, 5.41) is 3.32. The van der Waals surface area contributed by atoms with Crippen LogP contribution in [0, 0.1) is 5.82 Å². The zero-order valence-electron chi connectivity index (χ0n) is 16.3. The van der Waals surface area contributed by atoms with Crippen LogP contribution in [0.15, 0.2) is 66.9 Å². The minimum Gasteiger partial charge on any atom is -0.462 e. The van der Waals surface area contributed by atoms with Gasteiger partial charge in [-0.15, -0.1) is 0 Å². The molecule has 4 rings (SSSR count). The third-order valence-electron chi connectivity index (χ3n) is 4.87. The summed E-state index contributed by atoms with van der Waals surface area (Å²) in [6, 6.07) is 16.4. The standard InChI is InChI=1S/C23H20FN3O3/c1-2-30-23(29)16-7-11-18(12-8-16)26-21-20-19(4-3-13-25-20)22(28)27(21)14-15-5-9-17(24)10-6-15/h3-13,21,26H,2,14H2,1H3/t21-/m0/s1. The van der Waals surface area contributed by atoms with Gasteiger partial charge in [-0.25, -0.2) is 9.18 Å². The summed E-state index contributed by atoms with van der Waals surface area (Å²) in [6.45, 7) is 2.36. The van der Waals surface area contributed by atoms with Crippen LogP contribution in [0.4, 0.5) is 10.1 Å². The molecule has 1 N–H and O–H groups in total. The molecule has 6 nitrogen and oxygen atoms in total. The van der Waals surface area contributed by atoms with Crippen LogP contribution in [0.1, 0.15) is 45.1 Å². The van der Waals surface area contributed by atoms with Crippen molar-refractivity contribution in [1.29, 1.82) is 0 Å². The number of hydrogen-bond donors (Lipinski definition) is 1. The SMILES string of the molecule is CCOC(=O)c1ccc(N[C@@H]2c3ncccc3C(=O)N2Cc2ccc(F)cc2)cc1. The van der Waals surface area contributed by atoms with Crippen LogP contribution in [-0.4, -0.2) is 28.4 Å². The van der Waals surface area contributed by atoms with E-state index in [1.54, 1.807) is 66.6 Å². The Morgan fingerprint density at radius 3 is 2.57 bits per heavy atom. The van der Waals surface area contributed by atoms with Gasteiger partial charge >= 0.3 is 5.97 Å². The van der Waals surface area contributed by atoms with Crippen molar-refractivity contribution in [2.24, 2.45) is 0 Å². The Morgan fingerprint density at radius 1 is 1.13 bits per heavy atom. The van der Waals surface area contributed by atoms with Gasteiger partial charge in [-0.3, -0.25) is 9.78 Å². The van der Waals surface area contributed by atoms with Gasteiger partial charge in [0.05, 0.1) is 23.4 Å². The number of nitrogens with zero attached hydrogens (tertiary/aromatic N) is 2. The third-order valence-corrected chi connectivity index (χ3v) is 4.87. The molecule has 0 saturated heterocycles. The first-order chi connectivity index (χ1) is 14.6. The van der Waals surface area contributed by atoms with Crippen LogP contribution in [0.5, 0.6) is 0 Å². The molecular formula is C23H20FN3O3. The number of benzene rings is 2. The van der Waals surface area contributed by atoms with E-state index in [0.717, 1.165) is 11.3 Å². The first-order valence-corrected chi connectivity index (χ1v) is 9.61. The van der Waals surface area contributed by atoms with Crippen molar-refractivity contribution in [3.63, 3.8) is 0 Å². The lowest BCUT2D eigenvalue weighted by Crippen LogP contribution is -2.32. The highest BCUT2D eigenvalue weighted by Crippen LogP contribution is 2.34. The number of ether oxygens (including phenoxy) is 1. The Labute approximate surface area is 173 Å². The Morgan fingerprint density at radius 2 is 1.87 bits per heavy atom. The molecule has 152 valence electrons. The molecule has 1 aliphatic heterocycles. The molecule has 0 saturated carbocycles. The van der Waals surface area contributed by atoms with E-state index < -0.39 is 6.17 Å². The second kappa shape index (κ2) is 8.32. The summed E-state index contributed by atoms with van der Waals surface area (Å²) < 4.78 is 18.3. The fourth-order valence-electron chi connectivity index (χ4n) is 3.41. The molecule has 0 fully saturated rings. The van der Waals surface area contributed by atoms with Gasteiger partial charge in [0.2, 0.25) is 0 Å². The molecule has 7 heteroatoms.